The lowest BCUT2D eigenvalue weighted by atomic mass is 9.97. The molecule has 0 radical (unpaired) electrons. The second-order valence-electron chi connectivity index (χ2n) is 6.92. The third kappa shape index (κ3) is 4.71. The summed E-state index contributed by atoms with van der Waals surface area (Å²) in [5, 5.41) is 5.77. The Balaban J connectivity index is 1.98. The van der Waals surface area contributed by atoms with Gasteiger partial charge in [0, 0.05) is 24.0 Å². The Hall–Kier alpha value is -1.07. The summed E-state index contributed by atoms with van der Waals surface area (Å²) < 4.78 is 5.49. The van der Waals surface area contributed by atoms with Gasteiger partial charge < -0.3 is 15.0 Å². The molecule has 0 bridgehead atoms. The highest BCUT2D eigenvalue weighted by Gasteiger charge is 2.34. The monoisotopic (exact) mass is 324 g/mol. The Kier molecular flexibility index (Phi) is 5.87. The Bertz CT molecular complexity index is 468. The highest BCUT2D eigenvalue weighted by atomic mass is 32.1. The van der Waals surface area contributed by atoms with Gasteiger partial charge in [-0.2, -0.15) is 0 Å². The summed E-state index contributed by atoms with van der Waals surface area (Å²) in [5.74, 6) is 0.456. The van der Waals surface area contributed by atoms with Crippen molar-refractivity contribution in [2.24, 2.45) is 5.92 Å². The topological polar surface area (TPSA) is 41.6 Å². The van der Waals surface area contributed by atoms with Gasteiger partial charge in [0.05, 0.1) is 0 Å². The summed E-state index contributed by atoms with van der Waals surface area (Å²) in [5.41, 5.74) is -0.428. The third-order valence-corrected chi connectivity index (χ3v) is 4.77. The molecule has 2 unspecified atom stereocenters. The zero-order valence-corrected chi connectivity index (χ0v) is 14.9. The number of rotatable bonds is 5. The molecule has 2 heterocycles. The van der Waals surface area contributed by atoms with E-state index in [1.165, 1.54) is 4.88 Å². The maximum atomic E-state index is 12.2. The van der Waals surface area contributed by atoms with Crippen molar-refractivity contribution in [2.75, 3.05) is 19.6 Å². The van der Waals surface area contributed by atoms with Crippen molar-refractivity contribution in [2.45, 2.75) is 52.2 Å². The van der Waals surface area contributed by atoms with Crippen LogP contribution in [0.5, 0.6) is 0 Å². The number of ether oxygens (including phenoxy) is 1. The minimum Gasteiger partial charge on any atom is -0.444 e. The number of carbonyl (C=O) groups excluding carboxylic acids is 1. The number of nitrogens with zero attached hydrogens (tertiary/aromatic N) is 1. The average molecular weight is 324 g/mol. The molecule has 1 aromatic heterocycles. The fourth-order valence-corrected chi connectivity index (χ4v) is 3.71. The molecule has 0 saturated carbocycles. The van der Waals surface area contributed by atoms with Crippen LogP contribution < -0.4 is 5.32 Å². The SMILES string of the molecule is CCCNC(c1cccs1)C1CCN(C(=O)OC(C)(C)C)C1. The number of carbonyl (C=O) groups is 1. The lowest BCUT2D eigenvalue weighted by Crippen LogP contribution is -2.36. The number of hydrogen-bond acceptors (Lipinski definition) is 4. The largest absolute Gasteiger partial charge is 0.444 e. The number of likely N-dealkylation sites (tertiary alicyclic amines) is 1. The van der Waals surface area contributed by atoms with Crippen molar-refractivity contribution in [3.8, 4) is 0 Å². The molecule has 0 aliphatic carbocycles. The fourth-order valence-electron chi connectivity index (χ4n) is 2.82. The van der Waals surface area contributed by atoms with Gasteiger partial charge in [0.25, 0.3) is 0 Å². The minimum absolute atomic E-state index is 0.185. The third-order valence-electron chi connectivity index (χ3n) is 3.81. The number of nitrogens with one attached hydrogen (secondary N) is 1. The van der Waals surface area contributed by atoms with Gasteiger partial charge in [-0.05, 0) is 57.5 Å². The summed E-state index contributed by atoms with van der Waals surface area (Å²) in [6.45, 7) is 10.5. The summed E-state index contributed by atoms with van der Waals surface area (Å²) >= 11 is 1.79. The van der Waals surface area contributed by atoms with Crippen LogP contribution in [0, 0.1) is 5.92 Å². The molecule has 1 aliphatic heterocycles. The first-order valence-electron chi connectivity index (χ1n) is 8.15. The minimum atomic E-state index is -0.428. The molecule has 2 atom stereocenters. The zero-order chi connectivity index (χ0) is 16.2. The van der Waals surface area contributed by atoms with Crippen LogP contribution in [0.4, 0.5) is 4.79 Å². The van der Waals surface area contributed by atoms with Crippen LogP contribution in [0.15, 0.2) is 17.5 Å². The van der Waals surface area contributed by atoms with Gasteiger partial charge in [0.15, 0.2) is 0 Å². The van der Waals surface area contributed by atoms with Gasteiger partial charge >= 0.3 is 6.09 Å². The molecule has 0 aromatic carbocycles. The van der Waals surface area contributed by atoms with Crippen molar-refractivity contribution in [3.05, 3.63) is 22.4 Å². The first-order chi connectivity index (χ1) is 10.4. The summed E-state index contributed by atoms with van der Waals surface area (Å²) in [4.78, 5) is 15.4. The second kappa shape index (κ2) is 7.47. The van der Waals surface area contributed by atoms with E-state index in [-0.39, 0.29) is 6.09 Å². The number of amides is 1. The lowest BCUT2D eigenvalue weighted by molar-refractivity contribution is 0.0285. The molecular weight excluding hydrogens is 296 g/mol. The summed E-state index contributed by atoms with van der Waals surface area (Å²) in [6, 6.07) is 4.63. The van der Waals surface area contributed by atoms with Crippen LogP contribution in [0.2, 0.25) is 0 Å². The number of hydrogen-bond donors (Lipinski definition) is 1. The Morgan fingerprint density at radius 3 is 2.91 bits per heavy atom. The van der Waals surface area contributed by atoms with Crippen LogP contribution >= 0.6 is 11.3 Å². The molecule has 1 aromatic rings. The molecule has 1 aliphatic rings. The van der Waals surface area contributed by atoms with E-state index in [4.69, 9.17) is 4.74 Å². The van der Waals surface area contributed by atoms with Gasteiger partial charge in [0.2, 0.25) is 0 Å². The van der Waals surface area contributed by atoms with Crippen molar-refractivity contribution >= 4 is 17.4 Å². The van der Waals surface area contributed by atoms with Gasteiger partial charge in [0.1, 0.15) is 5.60 Å². The summed E-state index contributed by atoms with van der Waals surface area (Å²) in [7, 11) is 0. The molecule has 0 spiro atoms. The van der Waals surface area contributed by atoms with E-state index in [0.29, 0.717) is 12.0 Å². The maximum absolute atomic E-state index is 12.2. The van der Waals surface area contributed by atoms with Crippen LogP contribution in [0.3, 0.4) is 0 Å². The quantitative estimate of drug-likeness (QED) is 0.888. The molecule has 1 N–H and O–H groups in total. The second-order valence-corrected chi connectivity index (χ2v) is 7.90. The van der Waals surface area contributed by atoms with Gasteiger partial charge in [-0.1, -0.05) is 13.0 Å². The predicted octanol–water partition coefficient (Wildman–Crippen LogP) is 4.05. The van der Waals surface area contributed by atoms with Crippen molar-refractivity contribution in [1.82, 2.24) is 10.2 Å². The van der Waals surface area contributed by atoms with E-state index in [1.807, 2.05) is 25.7 Å². The molecule has 4 nitrogen and oxygen atoms in total. The Morgan fingerprint density at radius 1 is 1.55 bits per heavy atom. The van der Waals surface area contributed by atoms with E-state index < -0.39 is 5.60 Å². The molecule has 5 heteroatoms. The zero-order valence-electron chi connectivity index (χ0n) is 14.1. The fraction of sp³-hybridized carbons (Fsp3) is 0.706. The van der Waals surface area contributed by atoms with E-state index >= 15 is 0 Å². The van der Waals surface area contributed by atoms with E-state index in [2.05, 4.69) is 29.8 Å². The van der Waals surface area contributed by atoms with Crippen LogP contribution in [0.1, 0.15) is 51.5 Å². The van der Waals surface area contributed by atoms with E-state index in [9.17, 15) is 4.79 Å². The van der Waals surface area contributed by atoms with Gasteiger partial charge in [-0.25, -0.2) is 4.79 Å². The average Bonchev–Trinajstić information content (AvgIpc) is 3.08. The van der Waals surface area contributed by atoms with Gasteiger partial charge in [-0.15, -0.1) is 11.3 Å². The van der Waals surface area contributed by atoms with Gasteiger partial charge in [-0.3, -0.25) is 0 Å². The highest BCUT2D eigenvalue weighted by Crippen LogP contribution is 2.33. The molecule has 1 saturated heterocycles. The van der Waals surface area contributed by atoms with E-state index in [0.717, 1.165) is 32.5 Å². The van der Waals surface area contributed by atoms with Crippen LogP contribution in [-0.4, -0.2) is 36.2 Å². The van der Waals surface area contributed by atoms with Crippen LogP contribution in [0.25, 0.3) is 0 Å². The van der Waals surface area contributed by atoms with Crippen molar-refractivity contribution in [1.29, 1.82) is 0 Å². The molecule has 2 rings (SSSR count). The van der Waals surface area contributed by atoms with E-state index in [1.54, 1.807) is 11.3 Å². The van der Waals surface area contributed by atoms with Crippen molar-refractivity contribution in [3.63, 3.8) is 0 Å². The standard InChI is InChI=1S/C17H28N2O2S/c1-5-9-18-15(14-7-6-11-22-14)13-8-10-19(12-13)16(20)21-17(2,3)4/h6-7,11,13,15,18H,5,8-10,12H2,1-4H3. The molecule has 1 fully saturated rings. The first kappa shape index (κ1) is 17.3. The normalized spacial score (nSPS) is 20.2. The number of thiophene rings is 1. The maximum Gasteiger partial charge on any atom is 0.410 e. The predicted molar refractivity (Wildman–Crippen MR) is 91.3 cm³/mol. The highest BCUT2D eigenvalue weighted by molar-refractivity contribution is 7.10. The van der Waals surface area contributed by atoms with Crippen LogP contribution in [-0.2, 0) is 4.74 Å². The Morgan fingerprint density at radius 2 is 2.32 bits per heavy atom. The molecule has 124 valence electrons. The molecule has 1 amide bonds. The smallest absolute Gasteiger partial charge is 0.410 e. The Labute approximate surface area is 137 Å². The summed E-state index contributed by atoms with van der Waals surface area (Å²) in [6.07, 6.45) is 1.96. The lowest BCUT2D eigenvalue weighted by Gasteiger charge is -2.26. The molecule has 22 heavy (non-hydrogen) atoms. The molecular formula is C17H28N2O2S. The van der Waals surface area contributed by atoms with Crippen molar-refractivity contribution < 1.29 is 9.53 Å². The first-order valence-corrected chi connectivity index (χ1v) is 9.03.